The van der Waals surface area contributed by atoms with Crippen LogP contribution in [0.25, 0.3) is 66.4 Å². The first-order chi connectivity index (χ1) is 25.0. The molecule has 0 amide bonds. The predicted molar refractivity (Wildman–Crippen MR) is 208 cm³/mol. The van der Waals surface area contributed by atoms with Crippen molar-refractivity contribution in [1.82, 2.24) is 9.97 Å². The molecule has 0 bridgehead atoms. The van der Waals surface area contributed by atoms with Crippen molar-refractivity contribution in [3.8, 4) is 22.5 Å². The van der Waals surface area contributed by atoms with Gasteiger partial charge in [-0.15, -0.1) is 36.4 Å². The summed E-state index contributed by atoms with van der Waals surface area (Å²) in [4.78, 5) is 13.0. The quantitative estimate of drug-likeness (QED) is 0.149. The summed E-state index contributed by atoms with van der Waals surface area (Å²) in [5.41, 5.74) is 9.94. The van der Waals surface area contributed by atoms with E-state index in [1.807, 2.05) is 60.7 Å². The number of benzene rings is 5. The minimum atomic E-state index is 0. The Morgan fingerprint density at radius 2 is 0.942 bits per heavy atom. The molecule has 9 aromatic rings. The minimum Gasteiger partial charge on any atom is -0.501 e. The van der Waals surface area contributed by atoms with Crippen molar-refractivity contribution in [2.45, 2.75) is 39.5 Å². The van der Waals surface area contributed by atoms with Gasteiger partial charge in [-0.3, -0.25) is 14.9 Å². The molecule has 0 atom stereocenters. The molecule has 0 saturated carbocycles. The number of hydrogen-bond donors (Lipinski definition) is 0. The Labute approximate surface area is 317 Å². The summed E-state index contributed by atoms with van der Waals surface area (Å²) >= 11 is 0. The van der Waals surface area contributed by atoms with E-state index in [4.69, 9.17) is 18.8 Å². The first-order valence-corrected chi connectivity index (χ1v) is 17.5. The third-order valence-electron chi connectivity index (χ3n) is 9.68. The molecule has 0 fully saturated rings. The van der Waals surface area contributed by atoms with Crippen molar-refractivity contribution >= 4 is 61.2 Å². The first-order valence-electron chi connectivity index (χ1n) is 17.5. The summed E-state index contributed by atoms with van der Waals surface area (Å²) in [6.07, 6.45) is 0. The van der Waals surface area contributed by atoms with Gasteiger partial charge in [-0.05, 0) is 58.6 Å². The van der Waals surface area contributed by atoms with Crippen LogP contribution < -0.4 is 4.90 Å². The maximum absolute atomic E-state index is 6.42. The van der Waals surface area contributed by atoms with Gasteiger partial charge in [0.05, 0.1) is 16.9 Å². The van der Waals surface area contributed by atoms with Gasteiger partial charge >= 0.3 is 21.1 Å². The number of nitrogens with zero attached hydrogens (tertiary/aromatic N) is 3. The van der Waals surface area contributed by atoms with Gasteiger partial charge in [0.15, 0.2) is 0 Å². The molecule has 256 valence electrons. The molecule has 4 aromatic heterocycles. The van der Waals surface area contributed by atoms with Crippen molar-refractivity contribution in [2.24, 2.45) is 0 Å². The van der Waals surface area contributed by atoms with E-state index in [1.165, 1.54) is 11.1 Å². The molecule has 0 spiro atoms. The minimum absolute atomic E-state index is 0. The summed E-state index contributed by atoms with van der Waals surface area (Å²) in [5, 5.41) is 4.23. The molecule has 9 rings (SSSR count). The average Bonchev–Trinajstić information content (AvgIpc) is 3.74. The molecule has 52 heavy (non-hydrogen) atoms. The number of para-hydroxylation sites is 3. The van der Waals surface area contributed by atoms with Gasteiger partial charge in [0.25, 0.3) is 0 Å². The van der Waals surface area contributed by atoms with Crippen molar-refractivity contribution in [2.75, 3.05) is 4.90 Å². The van der Waals surface area contributed by atoms with Crippen LogP contribution in [0.5, 0.6) is 0 Å². The Morgan fingerprint density at radius 1 is 0.500 bits per heavy atom. The van der Waals surface area contributed by atoms with Gasteiger partial charge in [0.1, 0.15) is 22.8 Å². The molecule has 0 N–H and O–H groups in total. The van der Waals surface area contributed by atoms with E-state index in [0.29, 0.717) is 0 Å². The number of rotatable bonds is 7. The molecule has 5 aromatic carbocycles. The fraction of sp³-hybridized carbons (Fsp3) is 0.130. The Balaban J connectivity index is 0.00000387. The summed E-state index contributed by atoms with van der Waals surface area (Å²) in [6.45, 7) is 8.96. The van der Waals surface area contributed by atoms with Crippen LogP contribution in [0, 0.1) is 12.1 Å². The second-order valence-electron chi connectivity index (χ2n) is 13.6. The number of anilines is 3. The third-order valence-corrected chi connectivity index (χ3v) is 9.68. The summed E-state index contributed by atoms with van der Waals surface area (Å²) in [6, 6.07) is 50.1. The topological polar surface area (TPSA) is 55.3 Å². The molecule has 0 radical (unpaired) electrons. The van der Waals surface area contributed by atoms with E-state index in [0.717, 1.165) is 83.7 Å². The van der Waals surface area contributed by atoms with Gasteiger partial charge in [-0.2, -0.15) is 0 Å². The largest absolute Gasteiger partial charge is 2.00 e. The molecule has 0 unspecified atom stereocenters. The number of hydrogen-bond acceptors (Lipinski definition) is 5. The smallest absolute Gasteiger partial charge is 0.501 e. The second-order valence-corrected chi connectivity index (χ2v) is 13.6. The Kier molecular flexibility index (Phi) is 8.77. The Bertz CT molecular complexity index is 2560. The van der Waals surface area contributed by atoms with E-state index >= 15 is 0 Å². The zero-order valence-electron chi connectivity index (χ0n) is 29.3. The third kappa shape index (κ3) is 5.61. The van der Waals surface area contributed by atoms with Crippen molar-refractivity contribution < 1.29 is 29.9 Å². The standard InChI is InChI=1S/C46H35N3O2.Pt/c1-28(2)30-16-9-17-31(29(3)4)44(30)49(42-26-12-22-38(47-42)36-20-10-18-34-32-14-5-7-24-40(32)50-45(34)36)43-27-13-23-39(48-43)37-21-11-19-35-33-15-6-8-25-41(33)51-46(35)37;/h5-19,22-29H,1-4H3;/q-2;+2. The van der Waals surface area contributed by atoms with Crippen molar-refractivity contribution in [3.05, 3.63) is 151 Å². The molecule has 4 heterocycles. The SMILES string of the molecule is CC(C)c1cccc(C(C)C)c1N(c1cccc(-c2[c-]ccc3c2oc2ccccc23)n1)c1cccc(-c2[c-]ccc3c2oc2ccccc23)n1.[Pt+2]. The van der Waals surface area contributed by atoms with Crippen LogP contribution >= 0.6 is 0 Å². The number of furan rings is 2. The molecular formula is C46H35N3O2Pt. The average molecular weight is 857 g/mol. The van der Waals surface area contributed by atoms with Crippen molar-refractivity contribution in [1.29, 1.82) is 0 Å². The zero-order chi connectivity index (χ0) is 34.6. The Hall–Kier alpha value is -5.51. The second kappa shape index (κ2) is 13.6. The maximum atomic E-state index is 6.42. The Morgan fingerprint density at radius 3 is 1.40 bits per heavy atom. The van der Waals surface area contributed by atoms with Gasteiger partial charge < -0.3 is 8.83 Å². The predicted octanol–water partition coefficient (Wildman–Crippen LogP) is 12.9. The van der Waals surface area contributed by atoms with Crippen LogP contribution in [-0.2, 0) is 21.1 Å². The first kappa shape index (κ1) is 33.6. The van der Waals surface area contributed by atoms with Crippen LogP contribution in [0.2, 0.25) is 0 Å². The fourth-order valence-corrected chi connectivity index (χ4v) is 7.25. The number of pyridine rings is 2. The van der Waals surface area contributed by atoms with Crippen LogP contribution in [0.3, 0.4) is 0 Å². The van der Waals surface area contributed by atoms with E-state index in [1.54, 1.807) is 0 Å². The van der Waals surface area contributed by atoms with Crippen LogP contribution in [-0.4, -0.2) is 9.97 Å². The van der Waals surface area contributed by atoms with E-state index in [-0.39, 0.29) is 32.9 Å². The van der Waals surface area contributed by atoms with Gasteiger partial charge in [-0.25, -0.2) is 0 Å². The van der Waals surface area contributed by atoms with Gasteiger partial charge in [-0.1, -0.05) is 128 Å². The zero-order valence-corrected chi connectivity index (χ0v) is 31.5. The molecule has 0 aliphatic heterocycles. The van der Waals surface area contributed by atoms with Crippen LogP contribution in [0.4, 0.5) is 17.3 Å². The molecule has 6 heteroatoms. The normalized spacial score (nSPS) is 11.7. The summed E-state index contributed by atoms with van der Waals surface area (Å²) < 4.78 is 12.8. The molecule has 0 aliphatic carbocycles. The maximum Gasteiger partial charge on any atom is 2.00 e. The monoisotopic (exact) mass is 856 g/mol. The van der Waals surface area contributed by atoms with E-state index in [9.17, 15) is 0 Å². The van der Waals surface area contributed by atoms with E-state index < -0.39 is 0 Å². The fourth-order valence-electron chi connectivity index (χ4n) is 7.25. The molecule has 0 aliphatic rings. The van der Waals surface area contributed by atoms with Gasteiger partial charge in [0, 0.05) is 10.8 Å². The van der Waals surface area contributed by atoms with Crippen molar-refractivity contribution in [3.63, 3.8) is 0 Å². The number of fused-ring (bicyclic) bond motifs is 6. The summed E-state index contributed by atoms with van der Waals surface area (Å²) in [7, 11) is 0. The molecule has 0 saturated heterocycles. The summed E-state index contributed by atoms with van der Waals surface area (Å²) in [5.74, 6) is 2.00. The van der Waals surface area contributed by atoms with Crippen LogP contribution in [0.15, 0.2) is 136 Å². The van der Waals surface area contributed by atoms with E-state index in [2.05, 4.69) is 111 Å². The van der Waals surface area contributed by atoms with Gasteiger partial charge in [0.2, 0.25) is 0 Å². The molecule has 5 nitrogen and oxygen atoms in total. The molecular weight excluding hydrogens is 822 g/mol. The van der Waals surface area contributed by atoms with Crippen LogP contribution in [0.1, 0.15) is 50.7 Å². The number of aromatic nitrogens is 2.